The van der Waals surface area contributed by atoms with Gasteiger partial charge in [-0.1, -0.05) is 18.2 Å². The van der Waals surface area contributed by atoms with Crippen molar-refractivity contribution < 1.29 is 23.5 Å². The quantitative estimate of drug-likeness (QED) is 0.804. The van der Waals surface area contributed by atoms with Gasteiger partial charge in [-0.2, -0.15) is 0 Å². The van der Waals surface area contributed by atoms with Gasteiger partial charge in [0.25, 0.3) is 5.91 Å². The van der Waals surface area contributed by atoms with Crippen molar-refractivity contribution in [2.24, 2.45) is 0 Å². The van der Waals surface area contributed by atoms with Crippen molar-refractivity contribution in [2.75, 3.05) is 26.8 Å². The Morgan fingerprint density at radius 3 is 2.68 bits per heavy atom. The molecule has 0 aliphatic carbocycles. The molecule has 130 valence electrons. The number of hydrogen-bond donors (Lipinski definition) is 0. The van der Waals surface area contributed by atoms with Gasteiger partial charge in [0.15, 0.2) is 0 Å². The van der Waals surface area contributed by atoms with Crippen molar-refractivity contribution in [3.63, 3.8) is 0 Å². The van der Waals surface area contributed by atoms with E-state index in [1.165, 1.54) is 25.3 Å². The molecule has 1 heterocycles. The number of carbonyl (C=O) groups is 2. The van der Waals surface area contributed by atoms with Crippen LogP contribution in [-0.2, 0) is 9.47 Å². The number of morpholine rings is 1. The lowest BCUT2D eigenvalue weighted by Crippen LogP contribution is -2.42. The van der Waals surface area contributed by atoms with Gasteiger partial charge in [0.1, 0.15) is 11.9 Å². The van der Waals surface area contributed by atoms with E-state index in [4.69, 9.17) is 4.74 Å². The highest BCUT2D eigenvalue weighted by atomic mass is 19.1. The Labute approximate surface area is 145 Å². The fourth-order valence-corrected chi connectivity index (χ4v) is 2.82. The molecule has 0 aromatic heterocycles. The summed E-state index contributed by atoms with van der Waals surface area (Å²) in [6, 6.07) is 12.6. The van der Waals surface area contributed by atoms with Crippen LogP contribution in [0, 0.1) is 5.82 Å². The standard InChI is InChI=1S/C19H18FNO4/c1-24-19(23)15-6-2-5-14(10-15)18(22)21-8-9-25-17(12-21)13-4-3-7-16(20)11-13/h2-7,10-11,17H,8-9,12H2,1H3/t17-/m0/s1. The average Bonchev–Trinajstić information content (AvgIpc) is 2.67. The lowest BCUT2D eigenvalue weighted by molar-refractivity contribution is -0.0229. The minimum Gasteiger partial charge on any atom is -0.465 e. The topological polar surface area (TPSA) is 55.8 Å². The van der Waals surface area contributed by atoms with Gasteiger partial charge < -0.3 is 14.4 Å². The third kappa shape index (κ3) is 3.85. The number of esters is 1. The molecule has 2 aromatic rings. The molecule has 1 amide bonds. The van der Waals surface area contributed by atoms with Crippen LogP contribution < -0.4 is 0 Å². The van der Waals surface area contributed by atoms with E-state index in [1.54, 1.807) is 35.2 Å². The number of halogens is 1. The van der Waals surface area contributed by atoms with Crippen molar-refractivity contribution in [2.45, 2.75) is 6.10 Å². The predicted octanol–water partition coefficient (Wildman–Crippen LogP) is 2.83. The van der Waals surface area contributed by atoms with Gasteiger partial charge in [-0.25, -0.2) is 9.18 Å². The van der Waals surface area contributed by atoms with E-state index < -0.39 is 5.97 Å². The molecule has 1 aliphatic heterocycles. The molecule has 0 N–H and O–H groups in total. The number of carbonyl (C=O) groups excluding carboxylic acids is 2. The normalized spacial score (nSPS) is 17.2. The van der Waals surface area contributed by atoms with E-state index in [2.05, 4.69) is 4.74 Å². The number of methoxy groups -OCH3 is 1. The maximum absolute atomic E-state index is 13.4. The first-order valence-corrected chi connectivity index (χ1v) is 7.93. The van der Waals surface area contributed by atoms with Gasteiger partial charge in [-0.05, 0) is 35.9 Å². The Bertz CT molecular complexity index is 792. The van der Waals surface area contributed by atoms with Crippen molar-refractivity contribution in [3.05, 3.63) is 71.0 Å². The van der Waals surface area contributed by atoms with Gasteiger partial charge >= 0.3 is 5.97 Å². The second-order valence-electron chi connectivity index (χ2n) is 5.74. The summed E-state index contributed by atoms with van der Waals surface area (Å²) in [5.41, 5.74) is 1.42. The second kappa shape index (κ2) is 7.44. The van der Waals surface area contributed by atoms with E-state index in [-0.39, 0.29) is 17.8 Å². The molecule has 0 spiro atoms. The summed E-state index contributed by atoms with van der Waals surface area (Å²) in [7, 11) is 1.29. The maximum atomic E-state index is 13.4. The molecular weight excluding hydrogens is 325 g/mol. The third-order valence-electron chi connectivity index (χ3n) is 4.10. The van der Waals surface area contributed by atoms with Crippen LogP contribution in [0.25, 0.3) is 0 Å². The zero-order chi connectivity index (χ0) is 17.8. The van der Waals surface area contributed by atoms with Gasteiger partial charge in [0.05, 0.1) is 25.8 Å². The van der Waals surface area contributed by atoms with Crippen molar-refractivity contribution in [1.82, 2.24) is 4.90 Å². The average molecular weight is 343 g/mol. The van der Waals surface area contributed by atoms with E-state index in [1.807, 2.05) is 0 Å². The molecule has 25 heavy (non-hydrogen) atoms. The van der Waals surface area contributed by atoms with Crippen LogP contribution >= 0.6 is 0 Å². The van der Waals surface area contributed by atoms with Crippen LogP contribution in [-0.4, -0.2) is 43.6 Å². The SMILES string of the molecule is COC(=O)c1cccc(C(=O)N2CCO[C@H](c3cccc(F)c3)C2)c1. The molecule has 0 bridgehead atoms. The number of benzene rings is 2. The lowest BCUT2D eigenvalue weighted by Gasteiger charge is -2.33. The summed E-state index contributed by atoms with van der Waals surface area (Å²) >= 11 is 0. The largest absolute Gasteiger partial charge is 0.465 e. The molecule has 1 aliphatic rings. The minimum absolute atomic E-state index is 0.199. The smallest absolute Gasteiger partial charge is 0.337 e. The highest BCUT2D eigenvalue weighted by Gasteiger charge is 2.26. The number of nitrogens with zero attached hydrogens (tertiary/aromatic N) is 1. The maximum Gasteiger partial charge on any atom is 0.337 e. The molecule has 0 saturated carbocycles. The number of amides is 1. The van der Waals surface area contributed by atoms with Gasteiger partial charge in [0.2, 0.25) is 0 Å². The monoisotopic (exact) mass is 343 g/mol. The molecule has 5 nitrogen and oxygen atoms in total. The van der Waals surface area contributed by atoms with Crippen molar-refractivity contribution in [3.8, 4) is 0 Å². The van der Waals surface area contributed by atoms with Crippen LogP contribution in [0.4, 0.5) is 4.39 Å². The third-order valence-corrected chi connectivity index (χ3v) is 4.10. The van der Waals surface area contributed by atoms with Crippen LogP contribution in [0.3, 0.4) is 0 Å². The fourth-order valence-electron chi connectivity index (χ4n) is 2.82. The fraction of sp³-hybridized carbons (Fsp3) is 0.263. The highest BCUT2D eigenvalue weighted by molar-refractivity contribution is 5.98. The zero-order valence-corrected chi connectivity index (χ0v) is 13.8. The summed E-state index contributed by atoms with van der Waals surface area (Å²) in [5, 5.41) is 0. The summed E-state index contributed by atoms with van der Waals surface area (Å²) in [6.45, 7) is 1.13. The Morgan fingerprint density at radius 1 is 1.16 bits per heavy atom. The minimum atomic E-state index is -0.491. The van der Waals surface area contributed by atoms with E-state index in [0.29, 0.717) is 36.4 Å². The molecule has 0 unspecified atom stereocenters. The Balaban J connectivity index is 1.77. The second-order valence-corrected chi connectivity index (χ2v) is 5.74. The molecule has 6 heteroatoms. The number of rotatable bonds is 3. The summed E-state index contributed by atoms with van der Waals surface area (Å²) in [5.74, 6) is -1.03. The van der Waals surface area contributed by atoms with E-state index in [0.717, 1.165) is 0 Å². The molecule has 1 fully saturated rings. The molecule has 0 radical (unpaired) electrons. The molecule has 1 saturated heterocycles. The first kappa shape index (κ1) is 17.1. The summed E-state index contributed by atoms with van der Waals surface area (Å²) < 4.78 is 23.8. The molecule has 1 atom stereocenters. The van der Waals surface area contributed by atoms with Crippen LogP contribution in [0.1, 0.15) is 32.4 Å². The summed E-state index contributed by atoms with van der Waals surface area (Å²) in [6.07, 6.45) is -0.378. The van der Waals surface area contributed by atoms with Crippen molar-refractivity contribution >= 4 is 11.9 Å². The Hall–Kier alpha value is -2.73. The van der Waals surface area contributed by atoms with Crippen LogP contribution in [0.15, 0.2) is 48.5 Å². The molecule has 3 rings (SSSR count). The van der Waals surface area contributed by atoms with Crippen LogP contribution in [0.5, 0.6) is 0 Å². The molecule has 2 aromatic carbocycles. The Kier molecular flexibility index (Phi) is 5.09. The predicted molar refractivity (Wildman–Crippen MR) is 88.8 cm³/mol. The summed E-state index contributed by atoms with van der Waals surface area (Å²) in [4.78, 5) is 26.0. The number of ether oxygens (including phenoxy) is 2. The van der Waals surface area contributed by atoms with E-state index >= 15 is 0 Å². The number of hydrogen-bond acceptors (Lipinski definition) is 4. The highest BCUT2D eigenvalue weighted by Crippen LogP contribution is 2.24. The van der Waals surface area contributed by atoms with E-state index in [9.17, 15) is 14.0 Å². The molecular formula is C19H18FNO4. The lowest BCUT2D eigenvalue weighted by atomic mass is 10.1. The van der Waals surface area contributed by atoms with Crippen LogP contribution in [0.2, 0.25) is 0 Å². The zero-order valence-electron chi connectivity index (χ0n) is 13.8. The van der Waals surface area contributed by atoms with Crippen molar-refractivity contribution in [1.29, 1.82) is 0 Å². The van der Waals surface area contributed by atoms with Gasteiger partial charge in [-0.15, -0.1) is 0 Å². The van der Waals surface area contributed by atoms with Gasteiger partial charge in [-0.3, -0.25) is 4.79 Å². The van der Waals surface area contributed by atoms with Gasteiger partial charge in [0, 0.05) is 12.1 Å². The Morgan fingerprint density at radius 2 is 1.92 bits per heavy atom. The first-order valence-electron chi connectivity index (χ1n) is 7.93. The first-order chi connectivity index (χ1) is 12.1.